The van der Waals surface area contributed by atoms with Crippen LogP contribution >= 0.6 is 0 Å². The number of urea groups is 1. The molecule has 5 nitrogen and oxygen atoms in total. The number of nitrogens with zero attached hydrogens (tertiary/aromatic N) is 2. The largest absolute Gasteiger partial charge is 0.374 e. The van der Waals surface area contributed by atoms with Crippen LogP contribution in [-0.4, -0.2) is 49.3 Å². The normalized spacial score (nSPS) is 27.2. The molecule has 2 heterocycles. The number of amides is 2. The van der Waals surface area contributed by atoms with Gasteiger partial charge in [-0.2, -0.15) is 0 Å². The smallest absolute Gasteiger partial charge is 0.318 e. The van der Waals surface area contributed by atoms with Crippen LogP contribution in [0, 0.1) is 0 Å². The van der Waals surface area contributed by atoms with E-state index in [1.807, 2.05) is 4.90 Å². The van der Waals surface area contributed by atoms with Crippen molar-refractivity contribution < 1.29 is 9.53 Å². The first-order valence-electron chi connectivity index (χ1n) is 9.76. The molecule has 1 saturated carbocycles. The Morgan fingerprint density at radius 2 is 2.04 bits per heavy atom. The van der Waals surface area contributed by atoms with Crippen LogP contribution in [0.15, 0.2) is 24.3 Å². The summed E-state index contributed by atoms with van der Waals surface area (Å²) >= 11 is 0. The fraction of sp³-hybridized carbons (Fsp3) is 0.650. The number of hydrogen-bond donors (Lipinski definition) is 1. The first-order chi connectivity index (χ1) is 12.2. The highest BCUT2D eigenvalue weighted by atomic mass is 16.5. The van der Waals surface area contributed by atoms with Crippen LogP contribution < -0.4 is 10.2 Å². The van der Waals surface area contributed by atoms with Gasteiger partial charge in [0.25, 0.3) is 0 Å². The molecule has 136 valence electrons. The number of fused-ring (bicyclic) bond motifs is 1. The lowest BCUT2D eigenvalue weighted by Crippen LogP contribution is -2.54. The molecule has 3 atom stereocenters. The van der Waals surface area contributed by atoms with Crippen molar-refractivity contribution >= 4 is 11.7 Å². The van der Waals surface area contributed by atoms with E-state index in [0.717, 1.165) is 32.4 Å². The minimum atomic E-state index is 0.0118. The number of carbonyl (C=O) groups is 1. The van der Waals surface area contributed by atoms with E-state index in [9.17, 15) is 4.79 Å². The Hall–Kier alpha value is -1.75. The van der Waals surface area contributed by atoms with E-state index in [-0.39, 0.29) is 24.2 Å². The van der Waals surface area contributed by atoms with E-state index in [4.69, 9.17) is 4.74 Å². The van der Waals surface area contributed by atoms with Crippen LogP contribution in [0.1, 0.15) is 50.6 Å². The number of nitrogens with one attached hydrogen (secondary N) is 1. The molecule has 0 aromatic heterocycles. The van der Waals surface area contributed by atoms with Crippen LogP contribution in [0.4, 0.5) is 10.5 Å². The number of carbonyl (C=O) groups excluding carboxylic acids is 1. The van der Waals surface area contributed by atoms with Crippen LogP contribution in [0.2, 0.25) is 0 Å². The maximum atomic E-state index is 12.8. The van der Waals surface area contributed by atoms with E-state index in [2.05, 4.69) is 41.4 Å². The molecular formula is C20H29N3O2. The summed E-state index contributed by atoms with van der Waals surface area (Å²) in [4.78, 5) is 17.3. The predicted molar refractivity (Wildman–Crippen MR) is 98.9 cm³/mol. The Labute approximate surface area is 150 Å². The van der Waals surface area contributed by atoms with Crippen molar-refractivity contribution in [2.75, 3.05) is 31.1 Å². The van der Waals surface area contributed by atoms with Gasteiger partial charge in [0.2, 0.25) is 0 Å². The molecule has 1 N–H and O–H groups in total. The Kier molecular flexibility index (Phi) is 4.84. The van der Waals surface area contributed by atoms with E-state index in [0.29, 0.717) is 13.2 Å². The van der Waals surface area contributed by atoms with E-state index >= 15 is 0 Å². The molecule has 0 spiro atoms. The topological polar surface area (TPSA) is 44.8 Å². The first-order valence-corrected chi connectivity index (χ1v) is 9.76. The van der Waals surface area contributed by atoms with Crippen LogP contribution in [0.5, 0.6) is 0 Å². The number of rotatable bonds is 3. The summed E-state index contributed by atoms with van der Waals surface area (Å²) < 4.78 is 5.82. The third-order valence-electron chi connectivity index (χ3n) is 5.92. The Bertz CT molecular complexity index is 615. The molecule has 0 unspecified atom stereocenters. The fourth-order valence-corrected chi connectivity index (χ4v) is 4.50. The lowest BCUT2D eigenvalue weighted by Gasteiger charge is -2.38. The van der Waals surface area contributed by atoms with Gasteiger partial charge in [-0.25, -0.2) is 4.79 Å². The van der Waals surface area contributed by atoms with Crippen LogP contribution in [-0.2, 0) is 4.74 Å². The molecule has 3 aliphatic rings. The molecule has 0 bridgehead atoms. The number of morpholine rings is 1. The van der Waals surface area contributed by atoms with E-state index in [1.165, 1.54) is 24.1 Å². The Morgan fingerprint density at radius 3 is 2.88 bits per heavy atom. The molecule has 2 saturated heterocycles. The number of ether oxygens (including phenoxy) is 1. The average molecular weight is 343 g/mol. The zero-order chi connectivity index (χ0) is 17.2. The van der Waals surface area contributed by atoms with Gasteiger partial charge in [-0.3, -0.25) is 0 Å². The van der Waals surface area contributed by atoms with Gasteiger partial charge in [0, 0.05) is 25.3 Å². The van der Waals surface area contributed by atoms with Gasteiger partial charge in [-0.15, -0.1) is 0 Å². The Morgan fingerprint density at radius 1 is 1.20 bits per heavy atom. The van der Waals surface area contributed by atoms with Crippen molar-refractivity contribution in [2.24, 2.45) is 0 Å². The molecule has 0 radical (unpaired) electrons. The van der Waals surface area contributed by atoms with Gasteiger partial charge < -0.3 is 19.9 Å². The van der Waals surface area contributed by atoms with Gasteiger partial charge in [0.05, 0.1) is 24.8 Å². The first kappa shape index (κ1) is 16.7. The number of anilines is 1. The highest BCUT2D eigenvalue weighted by molar-refractivity contribution is 5.75. The minimum Gasteiger partial charge on any atom is -0.374 e. The molecular weight excluding hydrogens is 314 g/mol. The van der Waals surface area contributed by atoms with E-state index in [1.54, 1.807) is 0 Å². The average Bonchev–Trinajstić information content (AvgIpc) is 3.33. The maximum absolute atomic E-state index is 12.8. The Balaban J connectivity index is 1.41. The molecule has 3 fully saturated rings. The third kappa shape index (κ3) is 3.47. The van der Waals surface area contributed by atoms with E-state index < -0.39 is 0 Å². The van der Waals surface area contributed by atoms with Crippen molar-refractivity contribution in [1.82, 2.24) is 10.2 Å². The summed E-state index contributed by atoms with van der Waals surface area (Å²) in [6.07, 6.45) is 6.10. The van der Waals surface area contributed by atoms with Crippen molar-refractivity contribution in [3.8, 4) is 0 Å². The van der Waals surface area contributed by atoms with Gasteiger partial charge in [-0.1, -0.05) is 12.1 Å². The maximum Gasteiger partial charge on any atom is 0.318 e. The molecule has 25 heavy (non-hydrogen) atoms. The second kappa shape index (κ2) is 7.24. The molecule has 1 aromatic carbocycles. The predicted octanol–water partition coefficient (Wildman–Crippen LogP) is 3.31. The minimum absolute atomic E-state index is 0.0118. The quantitative estimate of drug-likeness (QED) is 0.916. The number of hydrogen-bond acceptors (Lipinski definition) is 3. The lowest BCUT2D eigenvalue weighted by molar-refractivity contribution is -0.0385. The molecule has 1 aliphatic carbocycles. The third-order valence-corrected chi connectivity index (χ3v) is 5.92. The second-order valence-corrected chi connectivity index (χ2v) is 7.56. The van der Waals surface area contributed by atoms with Gasteiger partial charge in [0.15, 0.2) is 0 Å². The molecule has 1 aromatic rings. The fourth-order valence-electron chi connectivity index (χ4n) is 4.50. The molecule has 2 aliphatic heterocycles. The lowest BCUT2D eigenvalue weighted by atomic mass is 10.1. The molecule has 2 amide bonds. The highest BCUT2D eigenvalue weighted by Crippen LogP contribution is 2.30. The molecule has 5 heteroatoms. The summed E-state index contributed by atoms with van der Waals surface area (Å²) in [6.45, 7) is 5.72. The van der Waals surface area contributed by atoms with Crippen molar-refractivity contribution in [1.29, 1.82) is 0 Å². The van der Waals surface area contributed by atoms with Crippen LogP contribution in [0.25, 0.3) is 0 Å². The SMILES string of the molecule is C[C@@H](NC(=O)N1CCO[C@H]2CCC[C@H]21)c1cccc(N2CCCC2)c1. The highest BCUT2D eigenvalue weighted by Gasteiger charge is 2.38. The standard InChI is InChI=1S/C20H29N3O2/c1-15(16-6-4-7-17(14-16)22-10-2-3-11-22)21-20(24)23-12-13-25-19-9-5-8-18(19)23/h4,6-7,14-15,18-19H,2-3,5,8-13H2,1H3,(H,21,24)/t15-,18-,19+/m1/s1. The van der Waals surface area contributed by atoms with Gasteiger partial charge >= 0.3 is 6.03 Å². The second-order valence-electron chi connectivity index (χ2n) is 7.56. The van der Waals surface area contributed by atoms with Gasteiger partial charge in [0.1, 0.15) is 0 Å². The zero-order valence-corrected chi connectivity index (χ0v) is 15.1. The monoisotopic (exact) mass is 343 g/mol. The summed E-state index contributed by atoms with van der Waals surface area (Å²) in [7, 11) is 0. The molecule has 4 rings (SSSR count). The van der Waals surface area contributed by atoms with Crippen LogP contribution in [0.3, 0.4) is 0 Å². The van der Waals surface area contributed by atoms with Crippen molar-refractivity contribution in [3.05, 3.63) is 29.8 Å². The van der Waals surface area contributed by atoms with Gasteiger partial charge in [-0.05, 0) is 56.7 Å². The summed E-state index contributed by atoms with van der Waals surface area (Å²) in [5.41, 5.74) is 2.45. The summed E-state index contributed by atoms with van der Waals surface area (Å²) in [5.74, 6) is 0. The van der Waals surface area contributed by atoms with Crippen molar-refractivity contribution in [2.45, 2.75) is 57.2 Å². The van der Waals surface area contributed by atoms with Crippen molar-refractivity contribution in [3.63, 3.8) is 0 Å². The summed E-state index contributed by atoms with van der Waals surface area (Å²) in [5, 5.41) is 3.21. The number of benzene rings is 1. The summed E-state index contributed by atoms with van der Waals surface area (Å²) in [6, 6.07) is 8.95. The zero-order valence-electron chi connectivity index (χ0n) is 15.1.